The molecule has 1 saturated heterocycles. The topological polar surface area (TPSA) is 76.2 Å². The van der Waals surface area contributed by atoms with Gasteiger partial charge in [0, 0.05) is 37.8 Å². The second-order valence-electron chi connectivity index (χ2n) is 7.74. The number of nitrogens with zero attached hydrogens (tertiary/aromatic N) is 2. The molecule has 7 nitrogen and oxygen atoms in total. The van der Waals surface area contributed by atoms with Crippen molar-refractivity contribution >= 4 is 23.5 Å². The van der Waals surface area contributed by atoms with Gasteiger partial charge in [-0.2, -0.15) is 0 Å². The zero-order chi connectivity index (χ0) is 22.4. The minimum Gasteiger partial charge on any atom is -0.497 e. The molecule has 164 valence electrons. The number of amides is 2. The standard InChI is InChI=1S/C24H28N2O5/c1-17(24(29)31-3)14-25(15-18-8-5-4-6-9-18)23(28)19-12-22(27)26(16-19)20-10-7-11-21(13-20)30-2/h4-11,13,17,19H,12,14-16H2,1-3H3. The molecular weight excluding hydrogens is 396 g/mol. The van der Waals surface area contributed by atoms with Crippen LogP contribution in [0.2, 0.25) is 0 Å². The Morgan fingerprint density at radius 2 is 1.87 bits per heavy atom. The van der Waals surface area contributed by atoms with Crippen LogP contribution in [0, 0.1) is 11.8 Å². The van der Waals surface area contributed by atoms with Gasteiger partial charge in [0.25, 0.3) is 0 Å². The highest BCUT2D eigenvalue weighted by Gasteiger charge is 2.38. The summed E-state index contributed by atoms with van der Waals surface area (Å²) in [6.45, 7) is 2.62. The van der Waals surface area contributed by atoms with Crippen molar-refractivity contribution in [3.8, 4) is 5.75 Å². The van der Waals surface area contributed by atoms with E-state index < -0.39 is 11.8 Å². The van der Waals surface area contributed by atoms with Crippen LogP contribution in [0.1, 0.15) is 18.9 Å². The molecule has 1 aliphatic heterocycles. The van der Waals surface area contributed by atoms with Crippen molar-refractivity contribution < 1.29 is 23.9 Å². The third kappa shape index (κ3) is 5.42. The number of anilines is 1. The maximum atomic E-state index is 13.4. The van der Waals surface area contributed by atoms with E-state index in [1.165, 1.54) is 7.11 Å². The highest BCUT2D eigenvalue weighted by Crippen LogP contribution is 2.29. The molecule has 2 aromatic rings. The molecule has 31 heavy (non-hydrogen) atoms. The fourth-order valence-electron chi connectivity index (χ4n) is 3.80. The maximum absolute atomic E-state index is 13.4. The van der Waals surface area contributed by atoms with E-state index in [9.17, 15) is 14.4 Å². The first kappa shape index (κ1) is 22.3. The van der Waals surface area contributed by atoms with Crippen LogP contribution in [-0.4, -0.2) is 50.0 Å². The molecule has 2 amide bonds. The molecule has 1 fully saturated rings. The molecule has 1 aliphatic rings. The molecule has 0 spiro atoms. The Bertz CT molecular complexity index is 931. The lowest BCUT2D eigenvalue weighted by Crippen LogP contribution is -2.41. The van der Waals surface area contributed by atoms with Gasteiger partial charge < -0.3 is 19.3 Å². The summed E-state index contributed by atoms with van der Waals surface area (Å²) in [5, 5.41) is 0. The Balaban J connectivity index is 1.78. The predicted octanol–water partition coefficient (Wildman–Crippen LogP) is 2.89. The molecular formula is C24H28N2O5. The largest absolute Gasteiger partial charge is 0.497 e. The number of esters is 1. The van der Waals surface area contributed by atoms with Crippen LogP contribution in [0.3, 0.4) is 0 Å². The van der Waals surface area contributed by atoms with Gasteiger partial charge in [-0.15, -0.1) is 0 Å². The molecule has 0 radical (unpaired) electrons. The normalized spacial score (nSPS) is 16.7. The molecule has 3 rings (SSSR count). The second kappa shape index (κ2) is 10.1. The summed E-state index contributed by atoms with van der Waals surface area (Å²) in [5.41, 5.74) is 1.67. The van der Waals surface area contributed by atoms with Gasteiger partial charge in [0.2, 0.25) is 11.8 Å². The lowest BCUT2D eigenvalue weighted by Gasteiger charge is -2.28. The van der Waals surface area contributed by atoms with Gasteiger partial charge in [-0.25, -0.2) is 0 Å². The second-order valence-corrected chi connectivity index (χ2v) is 7.74. The molecule has 1 heterocycles. The average molecular weight is 424 g/mol. The lowest BCUT2D eigenvalue weighted by molar-refractivity contribution is -0.147. The minimum atomic E-state index is -0.479. The number of hydrogen-bond acceptors (Lipinski definition) is 5. The molecule has 0 saturated carbocycles. The van der Waals surface area contributed by atoms with E-state index in [1.807, 2.05) is 48.5 Å². The van der Waals surface area contributed by atoms with Gasteiger partial charge in [0.05, 0.1) is 26.1 Å². The van der Waals surface area contributed by atoms with Crippen molar-refractivity contribution in [2.75, 3.05) is 32.2 Å². The first-order valence-corrected chi connectivity index (χ1v) is 10.3. The average Bonchev–Trinajstić information content (AvgIpc) is 3.19. The van der Waals surface area contributed by atoms with Gasteiger partial charge >= 0.3 is 5.97 Å². The molecule has 0 aliphatic carbocycles. The quantitative estimate of drug-likeness (QED) is 0.609. The first-order valence-electron chi connectivity index (χ1n) is 10.3. The van der Waals surface area contributed by atoms with Crippen molar-refractivity contribution in [1.29, 1.82) is 0 Å². The van der Waals surface area contributed by atoms with E-state index in [1.54, 1.807) is 29.9 Å². The number of ether oxygens (including phenoxy) is 2. The SMILES string of the molecule is COC(=O)C(C)CN(Cc1ccccc1)C(=O)C1CC(=O)N(c2cccc(OC)c2)C1. The number of carbonyl (C=O) groups excluding carboxylic acids is 3. The van der Waals surface area contributed by atoms with Crippen LogP contribution in [0.15, 0.2) is 54.6 Å². The highest BCUT2D eigenvalue weighted by atomic mass is 16.5. The van der Waals surface area contributed by atoms with Crippen LogP contribution in [0.5, 0.6) is 5.75 Å². The molecule has 0 bridgehead atoms. The van der Waals surface area contributed by atoms with E-state index in [0.717, 1.165) is 5.56 Å². The molecule has 2 aromatic carbocycles. The highest BCUT2D eigenvalue weighted by molar-refractivity contribution is 6.00. The summed E-state index contributed by atoms with van der Waals surface area (Å²) in [4.78, 5) is 41.3. The van der Waals surface area contributed by atoms with Crippen LogP contribution >= 0.6 is 0 Å². The fourth-order valence-corrected chi connectivity index (χ4v) is 3.80. The number of benzene rings is 2. The first-order chi connectivity index (χ1) is 14.9. The Labute approximate surface area is 182 Å². The monoisotopic (exact) mass is 424 g/mol. The lowest BCUT2D eigenvalue weighted by atomic mass is 10.0. The molecule has 7 heteroatoms. The molecule has 2 unspecified atom stereocenters. The Morgan fingerprint density at radius 3 is 2.55 bits per heavy atom. The zero-order valence-corrected chi connectivity index (χ0v) is 18.1. The van der Waals surface area contributed by atoms with Crippen molar-refractivity contribution in [3.05, 3.63) is 60.2 Å². The van der Waals surface area contributed by atoms with Gasteiger partial charge in [-0.05, 0) is 17.7 Å². The maximum Gasteiger partial charge on any atom is 0.310 e. The summed E-state index contributed by atoms with van der Waals surface area (Å²) >= 11 is 0. The van der Waals surface area contributed by atoms with Gasteiger partial charge in [0.15, 0.2) is 0 Å². The van der Waals surface area contributed by atoms with E-state index >= 15 is 0 Å². The third-order valence-electron chi connectivity index (χ3n) is 5.47. The summed E-state index contributed by atoms with van der Waals surface area (Å²) in [7, 11) is 2.91. The third-order valence-corrected chi connectivity index (χ3v) is 5.47. The van der Waals surface area contributed by atoms with E-state index in [0.29, 0.717) is 24.5 Å². The van der Waals surface area contributed by atoms with Crippen molar-refractivity contribution in [3.63, 3.8) is 0 Å². The van der Waals surface area contributed by atoms with E-state index in [4.69, 9.17) is 9.47 Å². The van der Waals surface area contributed by atoms with Crippen LogP contribution in [0.25, 0.3) is 0 Å². The summed E-state index contributed by atoms with van der Waals surface area (Å²) in [6, 6.07) is 16.8. The summed E-state index contributed by atoms with van der Waals surface area (Å²) < 4.78 is 10.1. The molecule has 0 aromatic heterocycles. The Kier molecular flexibility index (Phi) is 7.28. The Morgan fingerprint density at radius 1 is 1.13 bits per heavy atom. The van der Waals surface area contributed by atoms with E-state index in [-0.39, 0.29) is 30.7 Å². The number of hydrogen-bond donors (Lipinski definition) is 0. The molecule has 2 atom stereocenters. The number of carbonyl (C=O) groups is 3. The fraction of sp³-hybridized carbons (Fsp3) is 0.375. The minimum absolute atomic E-state index is 0.104. The van der Waals surface area contributed by atoms with Crippen LogP contribution < -0.4 is 9.64 Å². The summed E-state index contributed by atoms with van der Waals surface area (Å²) in [6.07, 6.45) is 0.133. The summed E-state index contributed by atoms with van der Waals surface area (Å²) in [5.74, 6) is -0.911. The van der Waals surface area contributed by atoms with Gasteiger partial charge in [0.1, 0.15) is 5.75 Å². The van der Waals surface area contributed by atoms with Crippen molar-refractivity contribution in [1.82, 2.24) is 4.90 Å². The van der Waals surface area contributed by atoms with Crippen LogP contribution in [0.4, 0.5) is 5.69 Å². The van der Waals surface area contributed by atoms with Gasteiger partial charge in [-0.3, -0.25) is 14.4 Å². The number of rotatable bonds is 8. The molecule has 0 N–H and O–H groups in total. The van der Waals surface area contributed by atoms with E-state index in [2.05, 4.69) is 0 Å². The predicted molar refractivity (Wildman–Crippen MR) is 116 cm³/mol. The van der Waals surface area contributed by atoms with Gasteiger partial charge in [-0.1, -0.05) is 43.3 Å². The van der Waals surface area contributed by atoms with Crippen molar-refractivity contribution in [2.24, 2.45) is 11.8 Å². The Hall–Kier alpha value is -3.35. The number of methoxy groups -OCH3 is 2. The van der Waals surface area contributed by atoms with Crippen LogP contribution in [-0.2, 0) is 25.7 Å². The smallest absolute Gasteiger partial charge is 0.310 e. The van der Waals surface area contributed by atoms with Crippen molar-refractivity contribution in [2.45, 2.75) is 19.9 Å². The zero-order valence-electron chi connectivity index (χ0n) is 18.1.